The normalized spacial score (nSPS) is 10.8. The fourth-order valence-corrected chi connectivity index (χ4v) is 4.01. The molecule has 1 aromatic carbocycles. The molecule has 0 aliphatic rings. The molecule has 0 radical (unpaired) electrons. The maximum Gasteiger partial charge on any atom is 0.232 e. The Hall–Kier alpha value is -1.83. The smallest absolute Gasteiger partial charge is 0.232 e. The number of amides is 1. The highest BCUT2D eigenvalue weighted by Crippen LogP contribution is 2.26. The average molecular weight is 393 g/mol. The monoisotopic (exact) mass is 392 g/mol. The van der Waals surface area contributed by atoms with Gasteiger partial charge in [-0.25, -0.2) is 4.98 Å². The summed E-state index contributed by atoms with van der Waals surface area (Å²) in [4.78, 5) is 16.7. The van der Waals surface area contributed by atoms with Gasteiger partial charge in [0.15, 0.2) is 0 Å². The molecule has 0 bridgehead atoms. The van der Waals surface area contributed by atoms with Crippen LogP contribution in [0.15, 0.2) is 29.6 Å². The molecule has 1 N–H and O–H groups in total. The van der Waals surface area contributed by atoms with Crippen LogP contribution < -0.4 is 5.32 Å². The standard InChI is InChI=1S/C17H17ClN4OS2/c1-2-3-7-15-21-22-17(25-15)20-14(23)9-13-10-24-16(19-13)11-5-4-6-12(18)8-11/h4-6,8,10H,2-3,7,9H2,1H3,(H,20,22,23). The Bertz CT molecular complexity index is 862. The number of carbonyl (C=O) groups is 1. The number of halogens is 1. The summed E-state index contributed by atoms with van der Waals surface area (Å²) < 4.78 is 0. The third-order valence-electron chi connectivity index (χ3n) is 3.42. The van der Waals surface area contributed by atoms with E-state index in [0.717, 1.165) is 40.5 Å². The van der Waals surface area contributed by atoms with Crippen molar-refractivity contribution in [3.05, 3.63) is 45.4 Å². The van der Waals surface area contributed by atoms with Crippen LogP contribution in [-0.2, 0) is 17.6 Å². The molecule has 3 rings (SSSR count). The van der Waals surface area contributed by atoms with E-state index in [0.29, 0.717) is 10.2 Å². The predicted molar refractivity (Wildman–Crippen MR) is 103 cm³/mol. The molecule has 25 heavy (non-hydrogen) atoms. The first kappa shape index (κ1) is 18.0. The van der Waals surface area contributed by atoms with Crippen molar-refractivity contribution in [2.75, 3.05) is 5.32 Å². The number of hydrogen-bond acceptors (Lipinski definition) is 6. The number of benzene rings is 1. The van der Waals surface area contributed by atoms with Gasteiger partial charge < -0.3 is 5.32 Å². The Labute approximate surface area is 159 Å². The predicted octanol–water partition coefficient (Wildman–Crippen LogP) is 4.84. The van der Waals surface area contributed by atoms with Crippen molar-refractivity contribution in [2.45, 2.75) is 32.6 Å². The SMILES string of the molecule is CCCCc1nnc(NC(=O)Cc2csc(-c3cccc(Cl)c3)n2)s1. The second-order valence-corrected chi connectivity index (χ2v) is 7.84. The molecular formula is C17H17ClN4OS2. The van der Waals surface area contributed by atoms with Gasteiger partial charge in [0.2, 0.25) is 11.0 Å². The third-order valence-corrected chi connectivity index (χ3v) is 5.50. The van der Waals surface area contributed by atoms with Gasteiger partial charge in [-0.2, -0.15) is 0 Å². The van der Waals surface area contributed by atoms with E-state index in [1.807, 2.05) is 29.6 Å². The van der Waals surface area contributed by atoms with Gasteiger partial charge in [0.1, 0.15) is 10.0 Å². The summed E-state index contributed by atoms with van der Waals surface area (Å²) in [7, 11) is 0. The number of aryl methyl sites for hydroxylation is 1. The van der Waals surface area contributed by atoms with Gasteiger partial charge in [-0.3, -0.25) is 4.79 Å². The summed E-state index contributed by atoms with van der Waals surface area (Å²) in [6.45, 7) is 2.13. The van der Waals surface area contributed by atoms with E-state index in [4.69, 9.17) is 11.6 Å². The number of hydrogen-bond donors (Lipinski definition) is 1. The molecule has 2 aromatic heterocycles. The van der Waals surface area contributed by atoms with Crippen LogP contribution in [0.25, 0.3) is 10.6 Å². The number of aromatic nitrogens is 3. The number of carbonyl (C=O) groups excluding carboxylic acids is 1. The third kappa shape index (κ3) is 5.07. The van der Waals surface area contributed by atoms with Gasteiger partial charge in [0.05, 0.1) is 12.1 Å². The van der Waals surface area contributed by atoms with Crippen LogP contribution in [0, 0.1) is 0 Å². The topological polar surface area (TPSA) is 67.8 Å². The Morgan fingerprint density at radius 2 is 2.20 bits per heavy atom. The Kier molecular flexibility index (Phi) is 6.12. The van der Waals surface area contributed by atoms with Crippen LogP contribution in [0.3, 0.4) is 0 Å². The van der Waals surface area contributed by atoms with E-state index in [2.05, 4.69) is 27.4 Å². The van der Waals surface area contributed by atoms with E-state index in [-0.39, 0.29) is 12.3 Å². The van der Waals surface area contributed by atoms with Gasteiger partial charge in [0, 0.05) is 22.4 Å². The molecule has 8 heteroatoms. The first-order valence-electron chi connectivity index (χ1n) is 7.96. The number of unbranched alkanes of at least 4 members (excludes halogenated alkanes) is 1. The molecule has 130 valence electrons. The van der Waals surface area contributed by atoms with Gasteiger partial charge in [0.25, 0.3) is 0 Å². The number of rotatable bonds is 7. The van der Waals surface area contributed by atoms with Gasteiger partial charge in [-0.15, -0.1) is 21.5 Å². The van der Waals surface area contributed by atoms with Crippen molar-refractivity contribution >= 4 is 45.3 Å². The lowest BCUT2D eigenvalue weighted by molar-refractivity contribution is -0.115. The average Bonchev–Trinajstić information content (AvgIpc) is 3.22. The fourth-order valence-electron chi connectivity index (χ4n) is 2.20. The summed E-state index contributed by atoms with van der Waals surface area (Å²) in [6.07, 6.45) is 3.30. The molecule has 0 fully saturated rings. The number of nitrogens with zero attached hydrogens (tertiary/aromatic N) is 3. The van der Waals surface area contributed by atoms with Crippen LogP contribution in [0.2, 0.25) is 5.02 Å². The van der Waals surface area contributed by atoms with Crippen molar-refractivity contribution in [1.29, 1.82) is 0 Å². The highest BCUT2D eigenvalue weighted by atomic mass is 35.5. The number of anilines is 1. The van der Waals surface area contributed by atoms with Crippen LogP contribution in [0.5, 0.6) is 0 Å². The molecule has 5 nitrogen and oxygen atoms in total. The summed E-state index contributed by atoms with van der Waals surface area (Å²) in [5.41, 5.74) is 1.68. The molecule has 0 spiro atoms. The first-order chi connectivity index (χ1) is 12.1. The number of thiazole rings is 1. The van der Waals surface area contributed by atoms with Crippen LogP contribution in [-0.4, -0.2) is 21.1 Å². The molecule has 0 aliphatic heterocycles. The van der Waals surface area contributed by atoms with Crippen LogP contribution in [0.4, 0.5) is 5.13 Å². The zero-order chi connectivity index (χ0) is 17.6. The fraction of sp³-hybridized carbons (Fsp3) is 0.294. The van der Waals surface area contributed by atoms with E-state index < -0.39 is 0 Å². The largest absolute Gasteiger partial charge is 0.300 e. The van der Waals surface area contributed by atoms with Crippen molar-refractivity contribution in [2.24, 2.45) is 0 Å². The Morgan fingerprint density at radius 1 is 1.32 bits per heavy atom. The van der Waals surface area contributed by atoms with Crippen molar-refractivity contribution < 1.29 is 4.79 Å². The highest BCUT2D eigenvalue weighted by molar-refractivity contribution is 7.15. The zero-order valence-electron chi connectivity index (χ0n) is 13.7. The lowest BCUT2D eigenvalue weighted by Crippen LogP contribution is -2.14. The second kappa shape index (κ2) is 8.51. The summed E-state index contributed by atoms with van der Waals surface area (Å²) in [5.74, 6) is -0.138. The Balaban J connectivity index is 1.59. The molecule has 3 aromatic rings. The quantitative estimate of drug-likeness (QED) is 0.624. The molecule has 1 amide bonds. The van der Waals surface area contributed by atoms with E-state index in [1.54, 1.807) is 0 Å². The minimum absolute atomic E-state index is 0.138. The lowest BCUT2D eigenvalue weighted by Gasteiger charge is -1.99. The first-order valence-corrected chi connectivity index (χ1v) is 10.0. The van der Waals surface area contributed by atoms with Crippen molar-refractivity contribution in [1.82, 2.24) is 15.2 Å². The highest BCUT2D eigenvalue weighted by Gasteiger charge is 2.12. The zero-order valence-corrected chi connectivity index (χ0v) is 16.0. The minimum atomic E-state index is -0.138. The molecule has 0 aliphatic carbocycles. The molecule has 0 unspecified atom stereocenters. The van der Waals surface area contributed by atoms with E-state index >= 15 is 0 Å². The molecule has 2 heterocycles. The van der Waals surface area contributed by atoms with Gasteiger partial charge in [-0.05, 0) is 18.6 Å². The molecule has 0 atom stereocenters. The Morgan fingerprint density at radius 3 is 3.00 bits per heavy atom. The maximum absolute atomic E-state index is 12.2. The molecule has 0 saturated heterocycles. The van der Waals surface area contributed by atoms with Gasteiger partial charge in [-0.1, -0.05) is 48.4 Å². The van der Waals surface area contributed by atoms with Crippen molar-refractivity contribution in [3.8, 4) is 10.6 Å². The van der Waals surface area contributed by atoms with Gasteiger partial charge >= 0.3 is 0 Å². The lowest BCUT2D eigenvalue weighted by atomic mass is 10.2. The molecular weight excluding hydrogens is 376 g/mol. The summed E-state index contributed by atoms with van der Waals surface area (Å²) in [5, 5.41) is 15.8. The summed E-state index contributed by atoms with van der Waals surface area (Å²) >= 11 is 8.94. The van der Waals surface area contributed by atoms with Crippen LogP contribution >= 0.6 is 34.3 Å². The molecule has 0 saturated carbocycles. The second-order valence-electron chi connectivity index (χ2n) is 5.48. The van der Waals surface area contributed by atoms with Crippen molar-refractivity contribution in [3.63, 3.8) is 0 Å². The van der Waals surface area contributed by atoms with E-state index in [1.165, 1.54) is 22.7 Å². The number of nitrogens with one attached hydrogen (secondary N) is 1. The minimum Gasteiger partial charge on any atom is -0.300 e. The van der Waals surface area contributed by atoms with E-state index in [9.17, 15) is 4.79 Å². The maximum atomic E-state index is 12.2. The van der Waals surface area contributed by atoms with Crippen LogP contribution in [0.1, 0.15) is 30.5 Å². The summed E-state index contributed by atoms with van der Waals surface area (Å²) in [6, 6.07) is 7.53.